The monoisotopic (exact) mass is 487 g/mol. The zero-order valence-corrected chi connectivity index (χ0v) is 18.4. The predicted molar refractivity (Wildman–Crippen MR) is 114 cm³/mol. The summed E-state index contributed by atoms with van der Waals surface area (Å²) in [5, 5.41) is 0. The molecule has 0 aliphatic carbocycles. The van der Waals surface area contributed by atoms with E-state index in [0.29, 0.717) is 44.0 Å². The van der Waals surface area contributed by atoms with E-state index in [2.05, 4.69) is 15.6 Å². The van der Waals surface area contributed by atoms with Gasteiger partial charge in [0.05, 0.1) is 16.1 Å². The molecule has 33 heavy (non-hydrogen) atoms. The first-order chi connectivity index (χ1) is 15.6. The molecule has 2 aromatic carbocycles. The number of carbonyl (C=O) groups excluding carboxylic acids is 1. The number of unbranched alkanes of at least 4 members (excludes halogenated alkanes) is 2. The predicted octanol–water partition coefficient (Wildman–Crippen LogP) is 3.46. The maximum atomic E-state index is 12.7. The van der Waals surface area contributed by atoms with Gasteiger partial charge < -0.3 is 9.47 Å². The van der Waals surface area contributed by atoms with Crippen molar-refractivity contribution in [1.82, 2.24) is 10.1 Å². The third-order valence-corrected chi connectivity index (χ3v) is 6.19. The van der Waals surface area contributed by atoms with E-state index < -0.39 is 21.8 Å². The van der Waals surface area contributed by atoms with E-state index in [4.69, 9.17) is 9.47 Å². The highest BCUT2D eigenvalue weighted by molar-refractivity contribution is 7.89. The summed E-state index contributed by atoms with van der Waals surface area (Å²) >= 11 is 0. The van der Waals surface area contributed by atoms with Crippen molar-refractivity contribution in [2.45, 2.75) is 36.8 Å². The molecule has 0 spiro atoms. The van der Waals surface area contributed by atoms with Crippen molar-refractivity contribution in [3.8, 4) is 11.5 Å². The highest BCUT2D eigenvalue weighted by Crippen LogP contribution is 2.32. The van der Waals surface area contributed by atoms with E-state index in [0.717, 1.165) is 12.1 Å². The Kier molecular flexibility index (Phi) is 8.03. The normalized spacial score (nSPS) is 13.4. The van der Waals surface area contributed by atoms with Gasteiger partial charge in [-0.2, -0.15) is 13.2 Å². The number of amides is 1. The lowest BCUT2D eigenvalue weighted by Gasteiger charge is -2.18. The molecule has 1 aliphatic heterocycles. The number of rotatable bonds is 10. The average molecular weight is 488 g/mol. The van der Waals surface area contributed by atoms with Crippen LogP contribution in [0.2, 0.25) is 0 Å². The highest BCUT2D eigenvalue weighted by atomic mass is 32.2. The molecule has 0 unspecified atom stereocenters. The molecule has 0 fully saturated rings. The average Bonchev–Trinajstić information content (AvgIpc) is 2.79. The fourth-order valence-electron chi connectivity index (χ4n) is 3.05. The molecule has 2 aromatic rings. The Morgan fingerprint density at radius 2 is 1.73 bits per heavy atom. The molecule has 0 radical (unpaired) electrons. The number of benzene rings is 2. The second-order valence-corrected chi connectivity index (χ2v) is 9.03. The Morgan fingerprint density at radius 3 is 2.48 bits per heavy atom. The minimum atomic E-state index is -4.47. The summed E-state index contributed by atoms with van der Waals surface area (Å²) in [7, 11) is -3.71. The summed E-state index contributed by atoms with van der Waals surface area (Å²) in [6, 6.07) is 8.89. The van der Waals surface area contributed by atoms with Gasteiger partial charge in [-0.3, -0.25) is 15.6 Å². The number of anilines is 1. The van der Waals surface area contributed by atoms with Crippen LogP contribution in [0.3, 0.4) is 0 Å². The molecule has 0 saturated carbocycles. The van der Waals surface area contributed by atoms with Crippen LogP contribution < -0.4 is 25.0 Å². The molecule has 0 bridgehead atoms. The number of hydrogen-bond donors (Lipinski definition) is 3. The van der Waals surface area contributed by atoms with Gasteiger partial charge in [-0.1, -0.05) is 12.5 Å². The van der Waals surface area contributed by atoms with Crippen LogP contribution in [-0.2, 0) is 21.0 Å². The maximum Gasteiger partial charge on any atom is 0.416 e. The Labute approximate surface area is 189 Å². The maximum absolute atomic E-state index is 12.7. The van der Waals surface area contributed by atoms with Crippen molar-refractivity contribution in [2.75, 3.05) is 25.2 Å². The molecular formula is C21H24F3N3O5S. The topological polar surface area (TPSA) is 106 Å². The summed E-state index contributed by atoms with van der Waals surface area (Å²) in [4.78, 5) is 11.9. The molecule has 1 amide bonds. The quantitative estimate of drug-likeness (QED) is 0.350. The van der Waals surface area contributed by atoms with Crippen LogP contribution in [0, 0.1) is 0 Å². The van der Waals surface area contributed by atoms with Gasteiger partial charge >= 0.3 is 6.18 Å². The molecule has 1 aliphatic rings. The van der Waals surface area contributed by atoms with Crippen molar-refractivity contribution in [1.29, 1.82) is 0 Å². The molecule has 3 N–H and O–H groups in total. The molecule has 8 nitrogen and oxygen atoms in total. The Morgan fingerprint density at radius 1 is 0.970 bits per heavy atom. The highest BCUT2D eigenvalue weighted by Gasteiger charge is 2.30. The van der Waals surface area contributed by atoms with Crippen molar-refractivity contribution in [3.63, 3.8) is 0 Å². The number of alkyl halides is 3. The molecule has 3 rings (SSSR count). The van der Waals surface area contributed by atoms with Gasteiger partial charge in [-0.05, 0) is 43.2 Å². The number of hydrogen-bond acceptors (Lipinski definition) is 6. The van der Waals surface area contributed by atoms with Crippen molar-refractivity contribution in [3.05, 3.63) is 48.0 Å². The first-order valence-corrected chi connectivity index (χ1v) is 11.7. The van der Waals surface area contributed by atoms with E-state index in [-0.39, 0.29) is 29.5 Å². The third-order valence-electron chi connectivity index (χ3n) is 4.73. The van der Waals surface area contributed by atoms with Gasteiger partial charge in [-0.25, -0.2) is 13.1 Å². The first kappa shape index (κ1) is 24.6. The Balaban J connectivity index is 1.34. The number of carbonyl (C=O) groups is 1. The summed E-state index contributed by atoms with van der Waals surface area (Å²) in [6.45, 7) is 0.963. The van der Waals surface area contributed by atoms with Gasteiger partial charge in [0, 0.05) is 19.0 Å². The number of hydrazine groups is 1. The SMILES string of the molecule is O=C(CCCCCNS(=O)(=O)c1ccc2c(c1)OCCO2)NNc1cccc(C(F)(F)F)c1. The van der Waals surface area contributed by atoms with Gasteiger partial charge in [0.1, 0.15) is 13.2 Å². The van der Waals surface area contributed by atoms with Gasteiger partial charge in [0.25, 0.3) is 0 Å². The van der Waals surface area contributed by atoms with Crippen LogP contribution in [-0.4, -0.2) is 34.1 Å². The Hall–Kier alpha value is -2.99. The zero-order chi connectivity index (χ0) is 23.9. The van der Waals surface area contributed by atoms with Gasteiger partial charge in [0.2, 0.25) is 15.9 Å². The van der Waals surface area contributed by atoms with Gasteiger partial charge in [-0.15, -0.1) is 0 Å². The molecule has 0 saturated heterocycles. The van der Waals surface area contributed by atoms with Crippen LogP contribution in [0.15, 0.2) is 47.4 Å². The number of sulfonamides is 1. The van der Waals surface area contributed by atoms with E-state index in [9.17, 15) is 26.4 Å². The van der Waals surface area contributed by atoms with Crippen molar-refractivity contribution >= 4 is 21.6 Å². The number of fused-ring (bicyclic) bond motifs is 1. The molecule has 12 heteroatoms. The molecular weight excluding hydrogens is 463 g/mol. The fraction of sp³-hybridized carbons (Fsp3) is 0.381. The smallest absolute Gasteiger partial charge is 0.416 e. The molecule has 1 heterocycles. The first-order valence-electron chi connectivity index (χ1n) is 10.3. The number of ether oxygens (including phenoxy) is 2. The van der Waals surface area contributed by atoms with E-state index in [1.54, 1.807) is 6.07 Å². The van der Waals surface area contributed by atoms with E-state index >= 15 is 0 Å². The van der Waals surface area contributed by atoms with Crippen LogP contribution in [0.5, 0.6) is 11.5 Å². The lowest BCUT2D eigenvalue weighted by Crippen LogP contribution is -2.29. The van der Waals surface area contributed by atoms with Crippen LogP contribution in [0.1, 0.15) is 31.2 Å². The lowest BCUT2D eigenvalue weighted by molar-refractivity contribution is -0.137. The van der Waals surface area contributed by atoms with Crippen molar-refractivity contribution in [2.24, 2.45) is 0 Å². The largest absolute Gasteiger partial charge is 0.486 e. The summed E-state index contributed by atoms with van der Waals surface area (Å²) in [5.74, 6) is 0.499. The zero-order valence-electron chi connectivity index (χ0n) is 17.6. The van der Waals surface area contributed by atoms with E-state index in [1.165, 1.54) is 24.3 Å². The second kappa shape index (κ2) is 10.8. The van der Waals surface area contributed by atoms with E-state index in [1.807, 2.05) is 0 Å². The van der Waals surface area contributed by atoms with Crippen LogP contribution in [0.25, 0.3) is 0 Å². The molecule has 180 valence electrons. The number of halogens is 3. The summed E-state index contributed by atoms with van der Waals surface area (Å²) in [5.41, 5.74) is 4.11. The van der Waals surface area contributed by atoms with Crippen LogP contribution >= 0.6 is 0 Å². The lowest BCUT2D eigenvalue weighted by atomic mass is 10.2. The summed E-state index contributed by atoms with van der Waals surface area (Å²) in [6.07, 6.45) is -2.74. The number of nitrogens with one attached hydrogen (secondary N) is 3. The van der Waals surface area contributed by atoms with Crippen LogP contribution in [0.4, 0.5) is 18.9 Å². The Bertz CT molecular complexity index is 1080. The van der Waals surface area contributed by atoms with Gasteiger partial charge in [0.15, 0.2) is 11.5 Å². The second-order valence-electron chi connectivity index (χ2n) is 7.27. The summed E-state index contributed by atoms with van der Waals surface area (Å²) < 4.78 is 76.2. The molecule has 0 atom stereocenters. The minimum absolute atomic E-state index is 0.0757. The standard InChI is InChI=1S/C21H24F3N3O5S/c22-21(23,24)15-5-4-6-16(13-15)26-27-20(28)7-2-1-3-10-25-33(29,30)17-8-9-18-19(14-17)32-12-11-31-18/h4-6,8-9,13-14,25-26H,1-3,7,10-12H2,(H,27,28). The minimum Gasteiger partial charge on any atom is -0.486 e. The molecule has 0 aromatic heterocycles. The third kappa shape index (κ3) is 7.26. The van der Waals surface area contributed by atoms with Crippen molar-refractivity contribution < 1.29 is 35.9 Å². The fourth-order valence-corrected chi connectivity index (χ4v) is 4.13.